The van der Waals surface area contributed by atoms with Gasteiger partial charge in [0.1, 0.15) is 6.04 Å². The largest absolute Gasteiger partial charge is 0.465 e. The molecule has 0 aromatic heterocycles. The van der Waals surface area contributed by atoms with Gasteiger partial charge in [-0.15, -0.1) is 0 Å². The van der Waals surface area contributed by atoms with Gasteiger partial charge in [0.2, 0.25) is 0 Å². The molecule has 0 spiro atoms. The summed E-state index contributed by atoms with van der Waals surface area (Å²) < 4.78 is 5.00. The van der Waals surface area contributed by atoms with Crippen molar-refractivity contribution in [2.75, 3.05) is 27.2 Å². The van der Waals surface area contributed by atoms with Crippen LogP contribution in [0.2, 0.25) is 0 Å². The zero-order valence-electron chi connectivity index (χ0n) is 11.6. The summed E-state index contributed by atoms with van der Waals surface area (Å²) >= 11 is 0. The molecule has 1 unspecified atom stereocenters. The predicted octanol–water partition coefficient (Wildman–Crippen LogP) is 1.40. The van der Waals surface area contributed by atoms with Gasteiger partial charge in [-0.3, -0.25) is 4.79 Å². The number of hydrogen-bond acceptors (Lipinski definition) is 4. The lowest BCUT2D eigenvalue weighted by Crippen LogP contribution is -2.52. The Morgan fingerprint density at radius 3 is 2.47 bits per heavy atom. The second kappa shape index (κ2) is 6.36. The summed E-state index contributed by atoms with van der Waals surface area (Å²) in [4.78, 5) is 13.8. The molecule has 0 bridgehead atoms. The minimum absolute atomic E-state index is 0.153. The Labute approximate surface area is 105 Å². The highest BCUT2D eigenvalue weighted by Gasteiger charge is 2.36. The van der Waals surface area contributed by atoms with Gasteiger partial charge in [0, 0.05) is 12.1 Å². The van der Waals surface area contributed by atoms with E-state index in [1.807, 2.05) is 13.8 Å². The minimum Gasteiger partial charge on any atom is -0.465 e. The van der Waals surface area contributed by atoms with Crippen molar-refractivity contribution < 1.29 is 9.53 Å². The quantitative estimate of drug-likeness (QED) is 0.715. The van der Waals surface area contributed by atoms with Crippen molar-refractivity contribution in [1.82, 2.24) is 10.2 Å². The van der Waals surface area contributed by atoms with Gasteiger partial charge in [0.15, 0.2) is 0 Å². The monoisotopic (exact) mass is 242 g/mol. The summed E-state index contributed by atoms with van der Waals surface area (Å²) in [6.07, 6.45) is 4.99. The molecular weight excluding hydrogens is 216 g/mol. The molecule has 1 rings (SSSR count). The fourth-order valence-electron chi connectivity index (χ4n) is 2.51. The standard InChI is InChI=1S/C13H26N2O2/c1-5-17-12(16)11(2)14-10-13(15(3)4)8-6-7-9-13/h11,14H,5-10H2,1-4H3. The van der Waals surface area contributed by atoms with Gasteiger partial charge >= 0.3 is 5.97 Å². The average Bonchev–Trinajstić information content (AvgIpc) is 2.76. The molecular formula is C13H26N2O2. The molecule has 100 valence electrons. The van der Waals surface area contributed by atoms with Crippen LogP contribution in [0.25, 0.3) is 0 Å². The Bertz CT molecular complexity index is 248. The fraction of sp³-hybridized carbons (Fsp3) is 0.923. The van der Waals surface area contributed by atoms with Gasteiger partial charge in [-0.2, -0.15) is 0 Å². The molecule has 4 heteroatoms. The molecule has 1 fully saturated rings. The van der Waals surface area contributed by atoms with E-state index >= 15 is 0 Å². The van der Waals surface area contributed by atoms with Crippen LogP contribution >= 0.6 is 0 Å². The van der Waals surface area contributed by atoms with Crippen molar-refractivity contribution in [3.8, 4) is 0 Å². The molecule has 0 saturated heterocycles. The number of likely N-dealkylation sites (N-methyl/N-ethyl adjacent to an activating group) is 1. The summed E-state index contributed by atoms with van der Waals surface area (Å²) in [6.45, 7) is 5.02. The second-order valence-corrected chi connectivity index (χ2v) is 5.18. The van der Waals surface area contributed by atoms with Crippen LogP contribution in [0.1, 0.15) is 39.5 Å². The van der Waals surface area contributed by atoms with E-state index in [9.17, 15) is 4.79 Å². The zero-order valence-corrected chi connectivity index (χ0v) is 11.6. The van der Waals surface area contributed by atoms with E-state index in [2.05, 4.69) is 24.3 Å². The molecule has 1 saturated carbocycles. The summed E-state index contributed by atoms with van der Waals surface area (Å²) in [5.41, 5.74) is 0.223. The van der Waals surface area contributed by atoms with E-state index in [0.717, 1.165) is 6.54 Å². The van der Waals surface area contributed by atoms with E-state index in [1.54, 1.807) is 0 Å². The highest BCUT2D eigenvalue weighted by molar-refractivity contribution is 5.75. The van der Waals surface area contributed by atoms with Crippen LogP contribution in [-0.4, -0.2) is 49.7 Å². The molecule has 1 aliphatic rings. The molecule has 0 heterocycles. The van der Waals surface area contributed by atoms with Gasteiger partial charge in [0.25, 0.3) is 0 Å². The third-order valence-electron chi connectivity index (χ3n) is 3.86. The minimum atomic E-state index is -0.215. The normalized spacial score (nSPS) is 20.5. The van der Waals surface area contributed by atoms with Crippen molar-refractivity contribution in [2.45, 2.75) is 51.1 Å². The number of esters is 1. The van der Waals surface area contributed by atoms with Crippen LogP contribution in [0.4, 0.5) is 0 Å². The van der Waals surface area contributed by atoms with Gasteiger partial charge in [-0.25, -0.2) is 0 Å². The van der Waals surface area contributed by atoms with Gasteiger partial charge in [-0.1, -0.05) is 12.8 Å². The molecule has 1 aliphatic carbocycles. The van der Waals surface area contributed by atoms with Crippen molar-refractivity contribution >= 4 is 5.97 Å². The van der Waals surface area contributed by atoms with E-state index in [1.165, 1.54) is 25.7 Å². The first-order valence-corrected chi connectivity index (χ1v) is 6.59. The Balaban J connectivity index is 2.44. The summed E-state index contributed by atoms with van der Waals surface area (Å²) in [5.74, 6) is -0.153. The van der Waals surface area contributed by atoms with Crippen LogP contribution in [-0.2, 0) is 9.53 Å². The Kier molecular flexibility index (Phi) is 5.40. The molecule has 0 aromatic carbocycles. The lowest BCUT2D eigenvalue weighted by atomic mass is 9.95. The van der Waals surface area contributed by atoms with E-state index in [4.69, 9.17) is 4.74 Å². The topological polar surface area (TPSA) is 41.6 Å². The summed E-state index contributed by atoms with van der Waals surface area (Å²) in [6, 6.07) is -0.215. The molecule has 4 nitrogen and oxygen atoms in total. The van der Waals surface area contributed by atoms with Crippen molar-refractivity contribution in [3.05, 3.63) is 0 Å². The van der Waals surface area contributed by atoms with Crippen LogP contribution < -0.4 is 5.32 Å². The smallest absolute Gasteiger partial charge is 0.322 e. The first-order valence-electron chi connectivity index (χ1n) is 6.59. The number of rotatable bonds is 6. The van der Waals surface area contributed by atoms with E-state index < -0.39 is 0 Å². The summed E-state index contributed by atoms with van der Waals surface area (Å²) in [7, 11) is 4.25. The maximum atomic E-state index is 11.5. The summed E-state index contributed by atoms with van der Waals surface area (Å²) in [5, 5.41) is 3.32. The molecule has 1 N–H and O–H groups in total. The fourth-order valence-corrected chi connectivity index (χ4v) is 2.51. The van der Waals surface area contributed by atoms with Crippen LogP contribution in [0, 0.1) is 0 Å². The number of hydrogen-bond donors (Lipinski definition) is 1. The third-order valence-corrected chi connectivity index (χ3v) is 3.86. The number of carbonyl (C=O) groups excluding carboxylic acids is 1. The molecule has 0 aromatic rings. The van der Waals surface area contributed by atoms with Crippen molar-refractivity contribution in [1.29, 1.82) is 0 Å². The highest BCUT2D eigenvalue weighted by atomic mass is 16.5. The molecule has 17 heavy (non-hydrogen) atoms. The lowest BCUT2D eigenvalue weighted by Gasteiger charge is -2.37. The lowest BCUT2D eigenvalue weighted by molar-refractivity contribution is -0.145. The van der Waals surface area contributed by atoms with Crippen LogP contribution in [0.5, 0.6) is 0 Å². The number of nitrogens with one attached hydrogen (secondary N) is 1. The van der Waals surface area contributed by atoms with Crippen molar-refractivity contribution in [2.24, 2.45) is 0 Å². The molecule has 1 atom stereocenters. The maximum absolute atomic E-state index is 11.5. The van der Waals surface area contributed by atoms with Crippen LogP contribution in [0.15, 0.2) is 0 Å². The average molecular weight is 242 g/mol. The molecule has 0 radical (unpaired) electrons. The highest BCUT2D eigenvalue weighted by Crippen LogP contribution is 2.33. The Morgan fingerprint density at radius 1 is 1.41 bits per heavy atom. The number of carbonyl (C=O) groups is 1. The van der Waals surface area contributed by atoms with Gasteiger partial charge in [-0.05, 0) is 40.8 Å². The van der Waals surface area contributed by atoms with Crippen LogP contribution in [0.3, 0.4) is 0 Å². The zero-order chi connectivity index (χ0) is 12.9. The van der Waals surface area contributed by atoms with Gasteiger partial charge in [0.05, 0.1) is 6.61 Å². The maximum Gasteiger partial charge on any atom is 0.322 e. The second-order valence-electron chi connectivity index (χ2n) is 5.18. The first kappa shape index (κ1) is 14.5. The number of nitrogens with zero attached hydrogens (tertiary/aromatic N) is 1. The Hall–Kier alpha value is -0.610. The van der Waals surface area contributed by atoms with E-state index in [0.29, 0.717) is 6.61 Å². The third kappa shape index (κ3) is 3.68. The van der Waals surface area contributed by atoms with E-state index in [-0.39, 0.29) is 17.6 Å². The van der Waals surface area contributed by atoms with Crippen molar-refractivity contribution in [3.63, 3.8) is 0 Å². The molecule has 0 amide bonds. The Morgan fingerprint density at radius 2 is 2.00 bits per heavy atom. The van der Waals surface area contributed by atoms with Gasteiger partial charge < -0.3 is 15.0 Å². The predicted molar refractivity (Wildman–Crippen MR) is 69.0 cm³/mol. The molecule has 0 aliphatic heterocycles. The SMILES string of the molecule is CCOC(=O)C(C)NCC1(N(C)C)CCCC1. The first-order chi connectivity index (χ1) is 8.02. The number of ether oxygens (including phenoxy) is 1.